The van der Waals surface area contributed by atoms with Crippen LogP contribution < -0.4 is 16.0 Å². The SMILES string of the molecule is NNC(=O)Cn1nnc(-c2ccccc2Oc2ccc(Cl)cc2Cl)n1. The number of amides is 1. The van der Waals surface area contributed by atoms with E-state index in [-0.39, 0.29) is 6.54 Å². The number of ether oxygens (including phenoxy) is 1. The smallest absolute Gasteiger partial charge is 0.257 e. The summed E-state index contributed by atoms with van der Waals surface area (Å²) in [5, 5.41) is 12.8. The number of nitrogens with zero attached hydrogens (tertiary/aromatic N) is 4. The molecule has 0 fully saturated rings. The van der Waals surface area contributed by atoms with E-state index in [9.17, 15) is 4.79 Å². The highest BCUT2D eigenvalue weighted by Gasteiger charge is 2.14. The van der Waals surface area contributed by atoms with Gasteiger partial charge in [0.05, 0.1) is 10.6 Å². The third kappa shape index (κ3) is 4.05. The Balaban J connectivity index is 1.90. The van der Waals surface area contributed by atoms with Crippen molar-refractivity contribution in [1.29, 1.82) is 0 Å². The van der Waals surface area contributed by atoms with Crippen LogP contribution in [0.3, 0.4) is 0 Å². The van der Waals surface area contributed by atoms with E-state index in [1.165, 1.54) is 0 Å². The predicted octanol–water partition coefficient (Wildman–Crippen LogP) is 2.43. The monoisotopic (exact) mass is 378 g/mol. The van der Waals surface area contributed by atoms with Crippen molar-refractivity contribution in [2.24, 2.45) is 5.84 Å². The topological polar surface area (TPSA) is 108 Å². The van der Waals surface area contributed by atoms with Gasteiger partial charge in [0.15, 0.2) is 0 Å². The van der Waals surface area contributed by atoms with Gasteiger partial charge in [0.1, 0.15) is 18.0 Å². The highest BCUT2D eigenvalue weighted by Crippen LogP contribution is 2.35. The van der Waals surface area contributed by atoms with Gasteiger partial charge in [0, 0.05) is 5.02 Å². The number of para-hydroxylation sites is 1. The second kappa shape index (κ2) is 7.47. The summed E-state index contributed by atoms with van der Waals surface area (Å²) >= 11 is 12.0. The number of hydrogen-bond donors (Lipinski definition) is 2. The summed E-state index contributed by atoms with van der Waals surface area (Å²) in [6, 6.07) is 12.0. The molecule has 0 aliphatic rings. The molecule has 0 unspecified atom stereocenters. The predicted molar refractivity (Wildman–Crippen MR) is 92.1 cm³/mol. The van der Waals surface area contributed by atoms with Crippen molar-refractivity contribution in [1.82, 2.24) is 25.6 Å². The van der Waals surface area contributed by atoms with Gasteiger partial charge in [-0.25, -0.2) is 5.84 Å². The molecule has 3 rings (SSSR count). The van der Waals surface area contributed by atoms with Crippen molar-refractivity contribution >= 4 is 29.1 Å². The fourth-order valence-corrected chi connectivity index (χ4v) is 2.46. The zero-order valence-electron chi connectivity index (χ0n) is 12.7. The van der Waals surface area contributed by atoms with Gasteiger partial charge in [0.25, 0.3) is 5.91 Å². The van der Waals surface area contributed by atoms with E-state index >= 15 is 0 Å². The normalized spacial score (nSPS) is 10.5. The molecular formula is C15H12Cl2N6O2. The zero-order chi connectivity index (χ0) is 17.8. The molecule has 0 saturated heterocycles. The summed E-state index contributed by atoms with van der Waals surface area (Å²) in [5.41, 5.74) is 2.59. The summed E-state index contributed by atoms with van der Waals surface area (Å²) in [4.78, 5) is 12.4. The van der Waals surface area contributed by atoms with Gasteiger partial charge in [-0.3, -0.25) is 10.2 Å². The minimum absolute atomic E-state index is 0.143. The van der Waals surface area contributed by atoms with Gasteiger partial charge < -0.3 is 4.74 Å². The van der Waals surface area contributed by atoms with E-state index in [0.29, 0.717) is 32.9 Å². The fourth-order valence-electron chi connectivity index (χ4n) is 2.01. The maximum Gasteiger partial charge on any atom is 0.257 e. The lowest BCUT2D eigenvalue weighted by Gasteiger charge is -2.10. The highest BCUT2D eigenvalue weighted by molar-refractivity contribution is 6.35. The number of aromatic nitrogens is 4. The number of nitrogens with one attached hydrogen (secondary N) is 1. The van der Waals surface area contributed by atoms with Gasteiger partial charge in [-0.1, -0.05) is 35.3 Å². The van der Waals surface area contributed by atoms with E-state index in [4.69, 9.17) is 33.8 Å². The van der Waals surface area contributed by atoms with Crippen LogP contribution in [0.15, 0.2) is 42.5 Å². The second-order valence-electron chi connectivity index (χ2n) is 4.88. The van der Waals surface area contributed by atoms with Gasteiger partial charge >= 0.3 is 0 Å². The molecule has 0 radical (unpaired) electrons. The summed E-state index contributed by atoms with van der Waals surface area (Å²) in [6.07, 6.45) is 0. The van der Waals surface area contributed by atoms with Gasteiger partial charge in [-0.05, 0) is 35.5 Å². The summed E-state index contributed by atoms with van der Waals surface area (Å²) in [5.74, 6) is 5.81. The number of hydrogen-bond acceptors (Lipinski definition) is 6. The minimum Gasteiger partial charge on any atom is -0.455 e. The molecule has 128 valence electrons. The third-order valence-corrected chi connectivity index (χ3v) is 3.67. The Labute approximate surface area is 152 Å². The fraction of sp³-hybridized carbons (Fsp3) is 0.0667. The Hall–Kier alpha value is -2.68. The molecule has 0 aliphatic carbocycles. The number of carbonyl (C=O) groups is 1. The number of rotatable bonds is 5. The Morgan fingerprint density at radius 1 is 1.20 bits per heavy atom. The van der Waals surface area contributed by atoms with Crippen molar-refractivity contribution in [3.05, 3.63) is 52.5 Å². The average molecular weight is 379 g/mol. The molecule has 3 aromatic rings. The number of halogens is 2. The lowest BCUT2D eigenvalue weighted by molar-refractivity contribution is -0.122. The molecule has 0 saturated carbocycles. The van der Waals surface area contributed by atoms with E-state index in [2.05, 4.69) is 15.4 Å². The first-order chi connectivity index (χ1) is 12.1. The molecule has 1 heterocycles. The number of hydrazine groups is 1. The van der Waals surface area contributed by atoms with Crippen molar-refractivity contribution < 1.29 is 9.53 Å². The summed E-state index contributed by atoms with van der Waals surface area (Å²) in [7, 11) is 0. The van der Waals surface area contributed by atoms with E-state index in [1.54, 1.807) is 42.5 Å². The van der Waals surface area contributed by atoms with Crippen LogP contribution in [0, 0.1) is 0 Å². The van der Waals surface area contributed by atoms with Crippen LogP contribution in [0.5, 0.6) is 11.5 Å². The number of benzene rings is 2. The Morgan fingerprint density at radius 3 is 2.76 bits per heavy atom. The van der Waals surface area contributed by atoms with Crippen LogP contribution in [-0.2, 0) is 11.3 Å². The van der Waals surface area contributed by atoms with E-state index in [0.717, 1.165) is 4.80 Å². The van der Waals surface area contributed by atoms with E-state index < -0.39 is 5.91 Å². The van der Waals surface area contributed by atoms with Crippen LogP contribution in [0.2, 0.25) is 10.0 Å². The number of carbonyl (C=O) groups excluding carboxylic acids is 1. The number of tetrazole rings is 1. The van der Waals surface area contributed by atoms with E-state index in [1.807, 2.05) is 5.43 Å². The first kappa shape index (κ1) is 17.2. The standard InChI is InChI=1S/C15H12Cl2N6O2/c16-9-5-6-13(11(17)7-9)25-12-4-2-1-3-10(12)15-20-22-23(21-15)8-14(24)19-18/h1-7H,8,18H2,(H,19,24). The minimum atomic E-state index is -0.443. The maximum absolute atomic E-state index is 11.3. The Morgan fingerprint density at radius 2 is 2.00 bits per heavy atom. The van der Waals surface area contributed by atoms with Gasteiger partial charge in [-0.15, -0.1) is 10.2 Å². The molecule has 10 heteroatoms. The van der Waals surface area contributed by atoms with Crippen LogP contribution >= 0.6 is 23.2 Å². The van der Waals surface area contributed by atoms with Crippen LogP contribution in [0.25, 0.3) is 11.4 Å². The zero-order valence-corrected chi connectivity index (χ0v) is 14.2. The van der Waals surface area contributed by atoms with Crippen LogP contribution in [0.1, 0.15) is 0 Å². The van der Waals surface area contributed by atoms with Crippen molar-refractivity contribution in [2.75, 3.05) is 0 Å². The molecule has 0 spiro atoms. The molecule has 25 heavy (non-hydrogen) atoms. The first-order valence-corrected chi connectivity index (χ1v) is 7.82. The second-order valence-corrected chi connectivity index (χ2v) is 5.73. The molecule has 2 aromatic carbocycles. The molecule has 0 bridgehead atoms. The van der Waals surface area contributed by atoms with Crippen molar-refractivity contribution in [3.63, 3.8) is 0 Å². The summed E-state index contributed by atoms with van der Waals surface area (Å²) < 4.78 is 5.85. The maximum atomic E-state index is 11.3. The van der Waals surface area contributed by atoms with Gasteiger partial charge in [-0.2, -0.15) is 4.80 Å². The molecule has 0 atom stereocenters. The molecule has 0 aliphatic heterocycles. The van der Waals surface area contributed by atoms with Crippen LogP contribution in [-0.4, -0.2) is 26.1 Å². The third-order valence-electron chi connectivity index (χ3n) is 3.14. The average Bonchev–Trinajstić information content (AvgIpc) is 3.06. The Bertz CT molecular complexity index is 915. The Kier molecular flexibility index (Phi) is 5.13. The molecular weight excluding hydrogens is 367 g/mol. The highest BCUT2D eigenvalue weighted by atomic mass is 35.5. The molecule has 1 aromatic heterocycles. The molecule has 1 amide bonds. The quantitative estimate of drug-likeness (QED) is 0.401. The summed E-state index contributed by atoms with van der Waals surface area (Å²) in [6.45, 7) is -0.143. The van der Waals surface area contributed by atoms with Crippen LogP contribution in [0.4, 0.5) is 0 Å². The number of nitrogens with two attached hydrogens (primary N) is 1. The first-order valence-electron chi connectivity index (χ1n) is 7.06. The van der Waals surface area contributed by atoms with Crippen molar-refractivity contribution in [2.45, 2.75) is 6.54 Å². The van der Waals surface area contributed by atoms with Crippen molar-refractivity contribution in [3.8, 4) is 22.9 Å². The molecule has 8 nitrogen and oxygen atoms in total. The van der Waals surface area contributed by atoms with Gasteiger partial charge in [0.2, 0.25) is 5.82 Å². The molecule has 3 N–H and O–H groups in total. The lowest BCUT2D eigenvalue weighted by atomic mass is 10.2. The largest absolute Gasteiger partial charge is 0.455 e. The lowest BCUT2D eigenvalue weighted by Crippen LogP contribution is -2.33.